The summed E-state index contributed by atoms with van der Waals surface area (Å²) in [5.41, 5.74) is 1.96. The van der Waals surface area contributed by atoms with Gasteiger partial charge in [-0.1, -0.05) is 35.5 Å². The van der Waals surface area contributed by atoms with Gasteiger partial charge in [-0.2, -0.15) is 5.26 Å². The molecule has 0 aliphatic rings. The Morgan fingerprint density at radius 1 is 1.27 bits per heavy atom. The van der Waals surface area contributed by atoms with E-state index in [1.54, 1.807) is 19.2 Å². The number of nitrogens with zero attached hydrogens (tertiary/aromatic N) is 1. The quantitative estimate of drug-likeness (QED) is 0.572. The van der Waals surface area contributed by atoms with Crippen LogP contribution in [0, 0.1) is 25.2 Å². The fourth-order valence-electron chi connectivity index (χ4n) is 3.32. The second-order valence-electron chi connectivity index (χ2n) is 6.93. The van der Waals surface area contributed by atoms with Crippen molar-refractivity contribution in [1.82, 2.24) is 0 Å². The van der Waals surface area contributed by atoms with Crippen molar-refractivity contribution in [2.45, 2.75) is 46.0 Å². The zero-order valence-electron chi connectivity index (χ0n) is 17.6. The molecule has 0 fully saturated rings. The van der Waals surface area contributed by atoms with Gasteiger partial charge in [0.2, 0.25) is 0 Å². The fourth-order valence-corrected chi connectivity index (χ4v) is 3.66. The Bertz CT molecular complexity index is 1030. The molecule has 1 unspecified atom stereocenters. The van der Waals surface area contributed by atoms with E-state index in [9.17, 15) is 19.6 Å². The molecule has 7 heteroatoms. The number of esters is 1. The van der Waals surface area contributed by atoms with Crippen molar-refractivity contribution >= 4 is 22.8 Å². The normalized spacial score (nSPS) is 11.6. The molecule has 0 saturated heterocycles. The van der Waals surface area contributed by atoms with Gasteiger partial charge in [0.05, 0.1) is 12.5 Å². The maximum Gasteiger partial charge on any atom is 0.354 e. The molecule has 1 aromatic carbocycles. The van der Waals surface area contributed by atoms with Crippen molar-refractivity contribution in [2.24, 2.45) is 0 Å². The van der Waals surface area contributed by atoms with E-state index in [0.29, 0.717) is 24.2 Å². The van der Waals surface area contributed by atoms with E-state index in [1.165, 1.54) is 0 Å². The van der Waals surface area contributed by atoms with Crippen LogP contribution in [0.4, 0.5) is 0 Å². The first-order chi connectivity index (χ1) is 14.3. The van der Waals surface area contributed by atoms with Gasteiger partial charge in [-0.15, -0.1) is 0 Å². The topological polar surface area (TPSA) is 97.4 Å². The van der Waals surface area contributed by atoms with E-state index in [0.717, 1.165) is 22.9 Å². The summed E-state index contributed by atoms with van der Waals surface area (Å²) in [6.45, 7) is 5.73. The highest BCUT2D eigenvalue weighted by atomic mass is 32.2. The molecule has 30 heavy (non-hydrogen) atoms. The molecule has 1 aromatic heterocycles. The minimum atomic E-state index is -0.831. The molecule has 0 spiro atoms. The van der Waals surface area contributed by atoms with Crippen LogP contribution >= 0.6 is 11.8 Å². The molecule has 0 bridgehead atoms. The number of rotatable bonds is 8. The highest BCUT2D eigenvalue weighted by molar-refractivity contribution is 8.13. The van der Waals surface area contributed by atoms with Gasteiger partial charge >= 0.3 is 11.6 Å². The van der Waals surface area contributed by atoms with Crippen LogP contribution in [0.1, 0.15) is 54.4 Å². The molecule has 6 nitrogen and oxygen atoms in total. The summed E-state index contributed by atoms with van der Waals surface area (Å²) in [5, 5.41) is 9.56. The Morgan fingerprint density at radius 2 is 2.00 bits per heavy atom. The van der Waals surface area contributed by atoms with Crippen molar-refractivity contribution in [3.05, 3.63) is 56.9 Å². The first kappa shape index (κ1) is 23.4. The number of hydrogen-bond acceptors (Lipinski definition) is 7. The van der Waals surface area contributed by atoms with Crippen LogP contribution < -0.4 is 5.63 Å². The van der Waals surface area contributed by atoms with Crippen LogP contribution in [0.5, 0.6) is 0 Å². The first-order valence-electron chi connectivity index (χ1n) is 9.71. The molecule has 0 radical (unpaired) electrons. The standard InChI is InChI=1S/C23H25NO5S/c1-5-28-22(26)17(7-6-8-21(25)30-4)18-12-20(29-23(27)19(18)13-24)16-10-9-14(2)11-15(16)3/h9-12,17H,5-8H2,1-4H3. The maximum atomic E-state index is 12.7. The molecule has 1 heterocycles. The lowest BCUT2D eigenvalue weighted by Crippen LogP contribution is -2.21. The van der Waals surface area contributed by atoms with Gasteiger partial charge in [-0.05, 0) is 57.1 Å². The van der Waals surface area contributed by atoms with E-state index in [4.69, 9.17) is 9.15 Å². The van der Waals surface area contributed by atoms with Gasteiger partial charge in [0.15, 0.2) is 5.12 Å². The Balaban J connectivity index is 2.56. The number of hydrogen-bond donors (Lipinski definition) is 0. The third-order valence-corrected chi connectivity index (χ3v) is 5.45. The number of benzene rings is 1. The highest BCUT2D eigenvalue weighted by Gasteiger charge is 2.28. The molecule has 2 aromatic rings. The molecule has 158 valence electrons. The van der Waals surface area contributed by atoms with E-state index in [1.807, 2.05) is 38.1 Å². The monoisotopic (exact) mass is 427 g/mol. The zero-order chi connectivity index (χ0) is 22.3. The van der Waals surface area contributed by atoms with Crippen LogP contribution in [0.15, 0.2) is 33.5 Å². The smallest absolute Gasteiger partial charge is 0.354 e. The average molecular weight is 428 g/mol. The molecule has 0 aliphatic heterocycles. The van der Waals surface area contributed by atoms with Crippen LogP contribution in [-0.4, -0.2) is 23.9 Å². The summed E-state index contributed by atoms with van der Waals surface area (Å²) >= 11 is 1.13. The average Bonchev–Trinajstić information content (AvgIpc) is 2.70. The number of thioether (sulfide) groups is 1. The summed E-state index contributed by atoms with van der Waals surface area (Å²) in [4.78, 5) is 36.9. The van der Waals surface area contributed by atoms with Gasteiger partial charge < -0.3 is 9.15 Å². The summed E-state index contributed by atoms with van der Waals surface area (Å²) in [6, 6.07) is 9.15. The van der Waals surface area contributed by atoms with Crippen molar-refractivity contribution < 1.29 is 18.7 Å². The molecule has 0 saturated carbocycles. The molecule has 0 amide bonds. The van der Waals surface area contributed by atoms with Crippen molar-refractivity contribution in [1.29, 1.82) is 5.26 Å². The highest BCUT2D eigenvalue weighted by Crippen LogP contribution is 2.31. The fraction of sp³-hybridized carbons (Fsp3) is 0.391. The Morgan fingerprint density at radius 3 is 2.60 bits per heavy atom. The lowest BCUT2D eigenvalue weighted by Gasteiger charge is -2.17. The molecular formula is C23H25NO5S. The maximum absolute atomic E-state index is 12.7. The summed E-state index contributed by atoms with van der Waals surface area (Å²) in [5.74, 6) is -1.06. The van der Waals surface area contributed by atoms with Gasteiger partial charge in [0.1, 0.15) is 17.4 Å². The predicted octanol–water partition coefficient (Wildman–Crippen LogP) is 4.50. The summed E-state index contributed by atoms with van der Waals surface area (Å²) < 4.78 is 10.6. The van der Waals surface area contributed by atoms with E-state index >= 15 is 0 Å². The van der Waals surface area contributed by atoms with Crippen LogP contribution in [0.3, 0.4) is 0 Å². The Hall–Kier alpha value is -2.85. The number of carbonyl (C=O) groups excluding carboxylic acids is 2. The molecule has 0 N–H and O–H groups in total. The van der Waals surface area contributed by atoms with Crippen molar-refractivity contribution in [2.75, 3.05) is 12.9 Å². The second-order valence-corrected chi connectivity index (χ2v) is 7.80. The van der Waals surface area contributed by atoms with Crippen LogP contribution in [-0.2, 0) is 14.3 Å². The molecule has 0 aliphatic carbocycles. The minimum absolute atomic E-state index is 0.0154. The Kier molecular flexibility index (Phi) is 8.43. The molecule has 1 atom stereocenters. The minimum Gasteiger partial charge on any atom is -0.466 e. The molecule has 2 rings (SSSR count). The number of carbonyl (C=O) groups is 2. The van der Waals surface area contributed by atoms with Gasteiger partial charge in [0.25, 0.3) is 0 Å². The predicted molar refractivity (Wildman–Crippen MR) is 116 cm³/mol. The van der Waals surface area contributed by atoms with Gasteiger partial charge in [-0.25, -0.2) is 4.79 Å². The number of nitriles is 1. The van der Waals surface area contributed by atoms with E-state index < -0.39 is 17.5 Å². The third kappa shape index (κ3) is 5.61. The zero-order valence-corrected chi connectivity index (χ0v) is 18.4. The van der Waals surface area contributed by atoms with Gasteiger partial charge in [0, 0.05) is 12.0 Å². The Labute approximate surface area is 180 Å². The first-order valence-corrected chi connectivity index (χ1v) is 10.9. The largest absolute Gasteiger partial charge is 0.466 e. The van der Waals surface area contributed by atoms with E-state index in [2.05, 4.69) is 0 Å². The molecular weight excluding hydrogens is 402 g/mol. The second kappa shape index (κ2) is 10.8. The third-order valence-electron chi connectivity index (χ3n) is 4.79. The van der Waals surface area contributed by atoms with Gasteiger partial charge in [-0.3, -0.25) is 9.59 Å². The SMILES string of the molecule is CCOC(=O)C(CCCC(=O)SC)c1cc(-c2ccc(C)cc2C)oc(=O)c1C#N. The number of aryl methyl sites for hydroxylation is 2. The lowest BCUT2D eigenvalue weighted by atomic mass is 9.90. The van der Waals surface area contributed by atoms with Crippen molar-refractivity contribution in [3.8, 4) is 17.4 Å². The summed E-state index contributed by atoms with van der Waals surface area (Å²) in [6.07, 6.45) is 2.73. The van der Waals surface area contributed by atoms with E-state index in [-0.39, 0.29) is 29.3 Å². The van der Waals surface area contributed by atoms with Crippen molar-refractivity contribution in [3.63, 3.8) is 0 Å². The van der Waals surface area contributed by atoms with Crippen LogP contribution in [0.2, 0.25) is 0 Å². The summed E-state index contributed by atoms with van der Waals surface area (Å²) in [7, 11) is 0. The lowest BCUT2D eigenvalue weighted by molar-refractivity contribution is -0.145. The number of ether oxygens (including phenoxy) is 1. The van der Waals surface area contributed by atoms with Crippen LogP contribution in [0.25, 0.3) is 11.3 Å².